The molecule has 0 fully saturated rings. The summed E-state index contributed by atoms with van der Waals surface area (Å²) in [5, 5.41) is 6.94. The van der Waals surface area contributed by atoms with Gasteiger partial charge in [-0.2, -0.15) is 0 Å². The quantitative estimate of drug-likeness (QED) is 0.558. The zero-order valence-electron chi connectivity index (χ0n) is 11.6. The first kappa shape index (κ1) is 29.7. The third-order valence-electron chi connectivity index (χ3n) is 0.124. The Bertz CT molecular complexity index is 140. The van der Waals surface area contributed by atoms with Crippen LogP contribution >= 0.6 is 11.6 Å². The lowest BCUT2D eigenvalue weighted by molar-refractivity contribution is -0.114. The molecule has 17 heavy (non-hydrogen) atoms. The predicted molar refractivity (Wildman–Crippen MR) is 81.4 cm³/mol. The molecular formula is C14H27ClO2. The molecule has 0 heterocycles. The Balaban J connectivity index is -0.0000000362. The number of halogens is 1. The summed E-state index contributed by atoms with van der Waals surface area (Å²) in [4.78, 5) is 9.33. The van der Waals surface area contributed by atoms with E-state index in [4.69, 9.17) is 5.11 Å². The van der Waals surface area contributed by atoms with Crippen LogP contribution < -0.4 is 0 Å². The lowest BCUT2D eigenvalue weighted by atomic mass is 10.8. The Labute approximate surface area is 112 Å². The first-order valence-corrected chi connectivity index (χ1v) is 5.38. The first-order valence-electron chi connectivity index (χ1n) is 5.01. The minimum atomic E-state index is -0.718. The van der Waals surface area contributed by atoms with Crippen LogP contribution in [0, 0.1) is 0 Å². The predicted octanol–water partition coefficient (Wildman–Crippen LogP) is 4.51. The molecule has 0 rings (SSSR count). The standard InChI is InChI=1S/4C3H6.C2H3ClO2/c4*1-3-2;3-2(5)1-4/h4*3H,1H2,2H3;4H,1H2. The highest BCUT2D eigenvalue weighted by molar-refractivity contribution is 6.63. The molecule has 0 saturated heterocycles. The molecule has 0 aliphatic heterocycles. The van der Waals surface area contributed by atoms with E-state index < -0.39 is 11.8 Å². The number of carbonyl (C=O) groups is 1. The maximum atomic E-state index is 9.33. The fraction of sp³-hybridized carbons (Fsp3) is 0.357. The van der Waals surface area contributed by atoms with Crippen molar-refractivity contribution in [2.24, 2.45) is 0 Å². The van der Waals surface area contributed by atoms with Crippen molar-refractivity contribution < 1.29 is 9.90 Å². The summed E-state index contributed by atoms with van der Waals surface area (Å²) in [6.07, 6.45) is 7.00. The second kappa shape index (κ2) is 60.6. The van der Waals surface area contributed by atoms with Crippen LogP contribution in [-0.4, -0.2) is 17.0 Å². The molecule has 0 saturated carbocycles. The second-order valence-electron chi connectivity index (χ2n) is 2.15. The van der Waals surface area contributed by atoms with Crippen molar-refractivity contribution in [2.45, 2.75) is 27.7 Å². The average Bonchev–Trinajstić information content (AvgIpc) is 2.22. The molecule has 0 spiro atoms. The lowest BCUT2D eigenvalue weighted by Crippen LogP contribution is -1.89. The van der Waals surface area contributed by atoms with Crippen LogP contribution in [0.4, 0.5) is 0 Å². The zero-order chi connectivity index (χ0) is 15.1. The summed E-state index contributed by atoms with van der Waals surface area (Å²) in [5.74, 6) is 0. The molecule has 0 bridgehead atoms. The Morgan fingerprint density at radius 2 is 1.00 bits per heavy atom. The number of carbonyl (C=O) groups excluding carboxylic acids is 1. The van der Waals surface area contributed by atoms with Gasteiger partial charge in [0.25, 0.3) is 0 Å². The summed E-state index contributed by atoms with van der Waals surface area (Å²) < 4.78 is 0. The van der Waals surface area contributed by atoms with Crippen molar-refractivity contribution in [3.05, 3.63) is 50.6 Å². The zero-order valence-corrected chi connectivity index (χ0v) is 12.3. The van der Waals surface area contributed by atoms with E-state index in [2.05, 4.69) is 37.9 Å². The highest BCUT2D eigenvalue weighted by Crippen LogP contribution is 1.70. The van der Waals surface area contributed by atoms with Crippen molar-refractivity contribution in [1.82, 2.24) is 0 Å². The van der Waals surface area contributed by atoms with Crippen LogP contribution in [0.5, 0.6) is 0 Å². The van der Waals surface area contributed by atoms with Gasteiger partial charge in [0.1, 0.15) is 6.61 Å². The van der Waals surface area contributed by atoms with Gasteiger partial charge in [0.15, 0.2) is 0 Å². The molecule has 0 radical (unpaired) electrons. The summed E-state index contributed by atoms with van der Waals surface area (Å²) in [6, 6.07) is 0. The van der Waals surface area contributed by atoms with E-state index in [0.29, 0.717) is 0 Å². The Morgan fingerprint density at radius 3 is 1.00 bits per heavy atom. The summed E-state index contributed by atoms with van der Waals surface area (Å²) >= 11 is 4.57. The van der Waals surface area contributed by atoms with Gasteiger partial charge >= 0.3 is 0 Å². The summed E-state index contributed by atoms with van der Waals surface area (Å²) in [6.45, 7) is 20.4. The number of allylic oxidation sites excluding steroid dienone is 4. The van der Waals surface area contributed by atoms with Gasteiger partial charge in [0, 0.05) is 0 Å². The van der Waals surface area contributed by atoms with Crippen molar-refractivity contribution in [3.8, 4) is 0 Å². The number of hydrogen-bond donors (Lipinski definition) is 1. The van der Waals surface area contributed by atoms with Crippen LogP contribution in [0.1, 0.15) is 27.7 Å². The maximum absolute atomic E-state index is 9.33. The van der Waals surface area contributed by atoms with Crippen LogP contribution in [-0.2, 0) is 4.79 Å². The third-order valence-corrected chi connectivity index (χ3v) is 0.244. The van der Waals surface area contributed by atoms with E-state index >= 15 is 0 Å². The number of hydrogen-bond acceptors (Lipinski definition) is 2. The van der Waals surface area contributed by atoms with Crippen molar-refractivity contribution in [1.29, 1.82) is 0 Å². The monoisotopic (exact) mass is 262 g/mol. The van der Waals surface area contributed by atoms with Gasteiger partial charge < -0.3 is 5.11 Å². The number of aliphatic hydroxyl groups excluding tert-OH is 1. The van der Waals surface area contributed by atoms with Gasteiger partial charge in [-0.05, 0) is 39.3 Å². The maximum Gasteiger partial charge on any atom is 0.247 e. The molecule has 0 aromatic rings. The van der Waals surface area contributed by atoms with E-state index in [1.54, 1.807) is 24.3 Å². The van der Waals surface area contributed by atoms with Gasteiger partial charge in [-0.1, -0.05) is 24.3 Å². The van der Waals surface area contributed by atoms with Crippen molar-refractivity contribution >= 4 is 16.8 Å². The van der Waals surface area contributed by atoms with Gasteiger partial charge in [-0.25, -0.2) is 0 Å². The molecular weight excluding hydrogens is 236 g/mol. The molecule has 0 amide bonds. The van der Waals surface area contributed by atoms with Crippen LogP contribution in [0.15, 0.2) is 50.6 Å². The summed E-state index contributed by atoms with van der Waals surface area (Å²) in [5.41, 5.74) is 0. The van der Waals surface area contributed by atoms with Gasteiger partial charge in [-0.3, -0.25) is 4.79 Å². The Kier molecular flexibility index (Phi) is 106. The highest BCUT2D eigenvalue weighted by atomic mass is 35.5. The normalized spacial score (nSPS) is 5.29. The largest absolute Gasteiger partial charge is 0.387 e. The molecule has 3 heteroatoms. The van der Waals surface area contributed by atoms with Crippen LogP contribution in [0.25, 0.3) is 0 Å². The molecule has 0 aromatic heterocycles. The van der Waals surface area contributed by atoms with Crippen LogP contribution in [0.3, 0.4) is 0 Å². The Hall–Kier alpha value is -1.12. The second-order valence-corrected chi connectivity index (χ2v) is 2.57. The number of rotatable bonds is 1. The van der Waals surface area contributed by atoms with E-state index in [1.165, 1.54) is 0 Å². The summed E-state index contributed by atoms with van der Waals surface area (Å²) in [7, 11) is 0. The molecule has 0 aliphatic rings. The van der Waals surface area contributed by atoms with E-state index in [1.807, 2.05) is 27.7 Å². The van der Waals surface area contributed by atoms with E-state index in [-0.39, 0.29) is 0 Å². The van der Waals surface area contributed by atoms with Gasteiger partial charge in [0.05, 0.1) is 0 Å². The lowest BCUT2D eigenvalue weighted by Gasteiger charge is -1.68. The smallest absolute Gasteiger partial charge is 0.247 e. The molecule has 0 atom stereocenters. The van der Waals surface area contributed by atoms with Crippen molar-refractivity contribution in [2.75, 3.05) is 6.61 Å². The minimum absolute atomic E-state index is 0.568. The van der Waals surface area contributed by atoms with E-state index in [0.717, 1.165) is 0 Å². The van der Waals surface area contributed by atoms with Crippen molar-refractivity contribution in [3.63, 3.8) is 0 Å². The number of aliphatic hydroxyl groups is 1. The average molecular weight is 263 g/mol. The highest BCUT2D eigenvalue weighted by Gasteiger charge is 1.82. The Morgan fingerprint density at radius 1 is 0.941 bits per heavy atom. The topological polar surface area (TPSA) is 37.3 Å². The van der Waals surface area contributed by atoms with E-state index in [9.17, 15) is 4.79 Å². The fourth-order valence-electron chi connectivity index (χ4n) is 0. The fourth-order valence-corrected chi connectivity index (χ4v) is 0. The third kappa shape index (κ3) is 3190. The molecule has 2 nitrogen and oxygen atoms in total. The van der Waals surface area contributed by atoms with Crippen LogP contribution in [0.2, 0.25) is 0 Å². The molecule has 1 N–H and O–H groups in total. The molecule has 0 aliphatic carbocycles. The first-order chi connectivity index (χ1) is 7.93. The SMILES string of the molecule is C=CC.C=CC.C=CC.C=CC.O=C(Cl)CO. The van der Waals surface area contributed by atoms with Gasteiger partial charge in [-0.15, -0.1) is 26.3 Å². The molecule has 0 aromatic carbocycles. The van der Waals surface area contributed by atoms with Gasteiger partial charge in [0.2, 0.25) is 5.24 Å². The molecule has 102 valence electrons. The molecule has 0 unspecified atom stereocenters. The minimum Gasteiger partial charge on any atom is -0.387 e.